The molecule has 0 saturated heterocycles. The third kappa shape index (κ3) is 4.56. The minimum absolute atomic E-state index is 0.0242. The first-order chi connectivity index (χ1) is 13.4. The SMILES string of the molecule is O=C(N/N=C\c1c(F)cccc1Cl)c1ccccc1NS(=O)(=O)c1cccs1. The molecule has 3 rings (SSSR count). The van der Waals surface area contributed by atoms with E-state index < -0.39 is 21.7 Å². The number of hydrazone groups is 1. The van der Waals surface area contributed by atoms with E-state index >= 15 is 0 Å². The summed E-state index contributed by atoms with van der Waals surface area (Å²) >= 11 is 6.94. The zero-order valence-corrected chi connectivity index (χ0v) is 16.5. The Hall–Kier alpha value is -2.75. The number of anilines is 1. The molecule has 1 amide bonds. The zero-order chi connectivity index (χ0) is 20.1. The predicted octanol–water partition coefficient (Wildman–Crippen LogP) is 4.11. The lowest BCUT2D eigenvalue weighted by atomic mass is 10.2. The summed E-state index contributed by atoms with van der Waals surface area (Å²) in [4.78, 5) is 12.4. The van der Waals surface area contributed by atoms with E-state index in [1.807, 2.05) is 0 Å². The van der Waals surface area contributed by atoms with Crippen molar-refractivity contribution in [2.24, 2.45) is 5.10 Å². The molecule has 0 aliphatic carbocycles. The normalized spacial score (nSPS) is 11.5. The lowest BCUT2D eigenvalue weighted by Crippen LogP contribution is -2.21. The Balaban J connectivity index is 1.79. The molecular weight excluding hydrogens is 425 g/mol. The number of halogens is 2. The van der Waals surface area contributed by atoms with Gasteiger partial charge in [0, 0.05) is 5.56 Å². The van der Waals surface area contributed by atoms with E-state index in [0.717, 1.165) is 17.6 Å². The van der Waals surface area contributed by atoms with Crippen LogP contribution in [0.1, 0.15) is 15.9 Å². The molecule has 28 heavy (non-hydrogen) atoms. The van der Waals surface area contributed by atoms with Crippen molar-refractivity contribution in [2.75, 3.05) is 4.72 Å². The molecule has 2 aromatic carbocycles. The Morgan fingerprint density at radius 2 is 1.89 bits per heavy atom. The second-order valence-corrected chi connectivity index (χ2v) is 8.68. The lowest BCUT2D eigenvalue weighted by Gasteiger charge is -2.10. The fourth-order valence-corrected chi connectivity index (χ4v) is 4.52. The summed E-state index contributed by atoms with van der Waals surface area (Å²) in [7, 11) is -3.82. The Morgan fingerprint density at radius 1 is 1.11 bits per heavy atom. The quantitative estimate of drug-likeness (QED) is 0.449. The van der Waals surface area contributed by atoms with Gasteiger partial charge < -0.3 is 0 Å². The van der Waals surface area contributed by atoms with Crippen molar-refractivity contribution in [2.45, 2.75) is 4.21 Å². The summed E-state index contributed by atoms with van der Waals surface area (Å²) in [5, 5.41) is 5.48. The molecule has 0 atom stereocenters. The first-order valence-corrected chi connectivity index (χ1v) is 10.6. The summed E-state index contributed by atoms with van der Waals surface area (Å²) < 4.78 is 41.0. The second kappa shape index (κ2) is 8.51. The highest BCUT2D eigenvalue weighted by Crippen LogP contribution is 2.23. The van der Waals surface area contributed by atoms with Crippen LogP contribution in [0.3, 0.4) is 0 Å². The number of benzene rings is 2. The van der Waals surface area contributed by atoms with E-state index in [2.05, 4.69) is 15.2 Å². The number of hydrogen-bond donors (Lipinski definition) is 2. The molecule has 3 aromatic rings. The van der Waals surface area contributed by atoms with Crippen LogP contribution >= 0.6 is 22.9 Å². The topological polar surface area (TPSA) is 87.6 Å². The molecule has 0 saturated carbocycles. The maximum absolute atomic E-state index is 13.7. The molecule has 2 N–H and O–H groups in total. The van der Waals surface area contributed by atoms with Crippen molar-refractivity contribution in [3.63, 3.8) is 0 Å². The summed E-state index contributed by atoms with van der Waals surface area (Å²) in [5.41, 5.74) is 2.41. The highest BCUT2D eigenvalue weighted by atomic mass is 35.5. The maximum atomic E-state index is 13.7. The van der Waals surface area contributed by atoms with Gasteiger partial charge in [-0.3, -0.25) is 9.52 Å². The van der Waals surface area contributed by atoms with E-state index in [9.17, 15) is 17.6 Å². The Labute approximate surface area is 169 Å². The molecule has 6 nitrogen and oxygen atoms in total. The van der Waals surface area contributed by atoms with E-state index in [1.54, 1.807) is 23.6 Å². The van der Waals surface area contributed by atoms with Crippen LogP contribution in [0.2, 0.25) is 5.02 Å². The van der Waals surface area contributed by atoms with Gasteiger partial charge in [-0.25, -0.2) is 18.2 Å². The number of carbonyl (C=O) groups excluding carboxylic acids is 1. The number of nitrogens with zero attached hydrogens (tertiary/aromatic N) is 1. The van der Waals surface area contributed by atoms with Gasteiger partial charge in [0.25, 0.3) is 15.9 Å². The molecule has 0 spiro atoms. The standard InChI is InChI=1S/C18H13ClFN3O3S2/c19-14-6-3-7-15(20)13(14)11-21-22-18(24)12-5-1-2-8-16(12)23-28(25,26)17-9-4-10-27-17/h1-11,23H,(H,22,24)/b21-11-. The van der Waals surface area contributed by atoms with E-state index in [0.29, 0.717) is 0 Å². The molecule has 0 radical (unpaired) electrons. The van der Waals surface area contributed by atoms with Crippen LogP contribution in [0.4, 0.5) is 10.1 Å². The minimum Gasteiger partial charge on any atom is -0.278 e. The van der Waals surface area contributed by atoms with Crippen LogP contribution in [0.25, 0.3) is 0 Å². The largest absolute Gasteiger partial charge is 0.278 e. The molecule has 144 valence electrons. The molecule has 1 heterocycles. The maximum Gasteiger partial charge on any atom is 0.273 e. The van der Waals surface area contributed by atoms with Crippen LogP contribution < -0.4 is 10.1 Å². The van der Waals surface area contributed by atoms with Crippen molar-refractivity contribution >= 4 is 50.8 Å². The van der Waals surface area contributed by atoms with Crippen LogP contribution in [0.15, 0.2) is 69.3 Å². The summed E-state index contributed by atoms with van der Waals surface area (Å²) in [6.45, 7) is 0. The second-order valence-electron chi connectivity index (χ2n) is 5.42. The van der Waals surface area contributed by atoms with Gasteiger partial charge in [-0.05, 0) is 35.7 Å². The van der Waals surface area contributed by atoms with Crippen molar-refractivity contribution in [1.82, 2.24) is 5.43 Å². The number of amides is 1. The van der Waals surface area contributed by atoms with Crippen LogP contribution in [0.5, 0.6) is 0 Å². The molecule has 0 fully saturated rings. The van der Waals surface area contributed by atoms with Crippen molar-refractivity contribution in [3.05, 3.63) is 81.9 Å². The van der Waals surface area contributed by atoms with Crippen LogP contribution in [-0.2, 0) is 10.0 Å². The number of thiophene rings is 1. The molecule has 0 aliphatic rings. The average Bonchev–Trinajstić information content (AvgIpc) is 3.20. The van der Waals surface area contributed by atoms with Gasteiger partial charge in [0.05, 0.1) is 22.5 Å². The third-order valence-electron chi connectivity index (χ3n) is 3.54. The molecule has 0 aliphatic heterocycles. The van der Waals surface area contributed by atoms with Gasteiger partial charge in [0.15, 0.2) is 0 Å². The lowest BCUT2D eigenvalue weighted by molar-refractivity contribution is 0.0956. The summed E-state index contributed by atoms with van der Waals surface area (Å²) in [6, 6.07) is 13.3. The van der Waals surface area contributed by atoms with Crippen molar-refractivity contribution < 1.29 is 17.6 Å². The Bertz CT molecular complexity index is 1110. The molecule has 1 aromatic heterocycles. The Morgan fingerprint density at radius 3 is 2.61 bits per heavy atom. The number of hydrogen-bond acceptors (Lipinski definition) is 5. The first kappa shape index (κ1) is 20.0. The minimum atomic E-state index is -3.82. The number of nitrogens with one attached hydrogen (secondary N) is 2. The van der Waals surface area contributed by atoms with Crippen LogP contribution in [0, 0.1) is 5.82 Å². The summed E-state index contributed by atoms with van der Waals surface area (Å²) in [6.07, 6.45) is 1.08. The van der Waals surface area contributed by atoms with Crippen LogP contribution in [-0.4, -0.2) is 20.5 Å². The highest BCUT2D eigenvalue weighted by molar-refractivity contribution is 7.94. The molecule has 0 unspecified atom stereocenters. The average molecular weight is 438 g/mol. The van der Waals surface area contributed by atoms with Gasteiger partial charge in [-0.1, -0.05) is 35.9 Å². The van der Waals surface area contributed by atoms with E-state index in [1.165, 1.54) is 36.4 Å². The van der Waals surface area contributed by atoms with E-state index in [-0.39, 0.29) is 26.0 Å². The number of para-hydroxylation sites is 1. The third-order valence-corrected chi connectivity index (χ3v) is 6.63. The molecule has 0 bridgehead atoms. The van der Waals surface area contributed by atoms with Gasteiger partial charge >= 0.3 is 0 Å². The predicted molar refractivity (Wildman–Crippen MR) is 108 cm³/mol. The molecule has 10 heteroatoms. The van der Waals surface area contributed by atoms with Gasteiger partial charge in [-0.15, -0.1) is 11.3 Å². The van der Waals surface area contributed by atoms with Gasteiger partial charge in [-0.2, -0.15) is 5.10 Å². The van der Waals surface area contributed by atoms with Gasteiger partial charge in [0.2, 0.25) is 0 Å². The van der Waals surface area contributed by atoms with E-state index in [4.69, 9.17) is 11.6 Å². The number of carbonyl (C=O) groups is 1. The van der Waals surface area contributed by atoms with Gasteiger partial charge in [0.1, 0.15) is 10.0 Å². The Kier molecular flexibility index (Phi) is 6.08. The fraction of sp³-hybridized carbons (Fsp3) is 0. The number of rotatable bonds is 6. The van der Waals surface area contributed by atoms with Crippen molar-refractivity contribution in [3.8, 4) is 0 Å². The van der Waals surface area contributed by atoms with Crippen molar-refractivity contribution in [1.29, 1.82) is 0 Å². The number of sulfonamides is 1. The smallest absolute Gasteiger partial charge is 0.273 e. The highest BCUT2D eigenvalue weighted by Gasteiger charge is 2.19. The fourth-order valence-electron chi connectivity index (χ4n) is 2.23. The molecular formula is C18H13ClFN3O3S2. The monoisotopic (exact) mass is 437 g/mol. The zero-order valence-electron chi connectivity index (χ0n) is 14.1. The first-order valence-electron chi connectivity index (χ1n) is 7.81. The summed E-state index contributed by atoms with van der Waals surface area (Å²) in [5.74, 6) is -1.26.